The van der Waals surface area contributed by atoms with Crippen molar-refractivity contribution in [2.75, 3.05) is 11.4 Å². The van der Waals surface area contributed by atoms with E-state index in [4.69, 9.17) is 9.84 Å². The topological polar surface area (TPSA) is 87.0 Å². The van der Waals surface area contributed by atoms with Crippen molar-refractivity contribution in [3.8, 4) is 5.75 Å². The van der Waals surface area contributed by atoms with Gasteiger partial charge in [-0.25, -0.2) is 9.18 Å². The summed E-state index contributed by atoms with van der Waals surface area (Å²) in [6.07, 6.45) is 8.31. The summed E-state index contributed by atoms with van der Waals surface area (Å²) in [5, 5.41) is 9.00. The molecule has 2 aliphatic rings. The van der Waals surface area contributed by atoms with Gasteiger partial charge in [0, 0.05) is 18.9 Å². The number of nitrogens with one attached hydrogen (secondary N) is 1. The van der Waals surface area contributed by atoms with E-state index in [1.165, 1.54) is 16.7 Å². The van der Waals surface area contributed by atoms with E-state index in [9.17, 15) is 9.59 Å². The Kier molecular flexibility index (Phi) is 4.72. The molecule has 1 atom stereocenters. The first kappa shape index (κ1) is 19.7. The highest BCUT2D eigenvalue weighted by Gasteiger charge is 2.33. The molecule has 0 radical (unpaired) electrons. The van der Waals surface area contributed by atoms with Crippen LogP contribution >= 0.6 is 0 Å². The Morgan fingerprint density at radius 3 is 2.77 bits per heavy atom. The smallest absolute Gasteiger partial charge is 0.449 e. The average molecular weight is 425 g/mol. The van der Waals surface area contributed by atoms with Gasteiger partial charge < -0.3 is 19.7 Å². The van der Waals surface area contributed by atoms with Crippen molar-refractivity contribution in [2.24, 2.45) is 0 Å². The number of rotatable bonds is 4. The summed E-state index contributed by atoms with van der Waals surface area (Å²) in [7, 11) is 0. The maximum atomic E-state index is 15.5. The van der Waals surface area contributed by atoms with Gasteiger partial charge in [0.1, 0.15) is 0 Å². The van der Waals surface area contributed by atoms with E-state index in [2.05, 4.69) is 9.88 Å². The molecule has 2 N–H and O–H groups in total. The average Bonchev–Trinajstić information content (AvgIpc) is 3.44. The van der Waals surface area contributed by atoms with E-state index in [0.717, 1.165) is 49.8 Å². The Balaban J connectivity index is 1.72. The van der Waals surface area contributed by atoms with E-state index < -0.39 is 17.5 Å². The second kappa shape index (κ2) is 7.44. The number of aryl methyl sites for hydroxylation is 1. The first-order valence-electron chi connectivity index (χ1n) is 10.6. The van der Waals surface area contributed by atoms with Crippen LogP contribution in [0.25, 0.3) is 5.52 Å². The number of hydrogen-bond acceptors (Lipinski definition) is 4. The number of pyridine rings is 2. The van der Waals surface area contributed by atoms with Gasteiger partial charge in [0.25, 0.3) is 5.56 Å². The largest absolute Gasteiger partial charge is 0.511 e. The van der Waals surface area contributed by atoms with Gasteiger partial charge >= 0.3 is 6.16 Å². The van der Waals surface area contributed by atoms with Crippen LogP contribution < -0.4 is 15.2 Å². The van der Waals surface area contributed by atoms with Gasteiger partial charge in [0.05, 0.1) is 23.4 Å². The van der Waals surface area contributed by atoms with Crippen LogP contribution in [0.3, 0.4) is 0 Å². The molecule has 0 spiro atoms. The lowest BCUT2D eigenvalue weighted by atomic mass is 9.95. The third-order valence-electron chi connectivity index (χ3n) is 6.42. The summed E-state index contributed by atoms with van der Waals surface area (Å²) in [5.41, 5.74) is 3.15. The lowest BCUT2D eigenvalue weighted by Gasteiger charge is -2.38. The lowest BCUT2D eigenvalue weighted by Crippen LogP contribution is -2.35. The molecule has 5 rings (SSSR count). The molecule has 1 saturated carbocycles. The van der Waals surface area contributed by atoms with Crippen molar-refractivity contribution in [3.63, 3.8) is 0 Å². The molecule has 3 aromatic heterocycles. The van der Waals surface area contributed by atoms with Gasteiger partial charge in [0.2, 0.25) is 0 Å². The van der Waals surface area contributed by atoms with Crippen molar-refractivity contribution in [2.45, 2.75) is 51.0 Å². The number of aromatic amines is 1. The minimum Gasteiger partial charge on any atom is -0.449 e. The van der Waals surface area contributed by atoms with E-state index >= 15 is 4.39 Å². The van der Waals surface area contributed by atoms with Gasteiger partial charge in [0.15, 0.2) is 11.6 Å². The predicted octanol–water partition coefficient (Wildman–Crippen LogP) is 4.74. The Labute approximate surface area is 178 Å². The Morgan fingerprint density at radius 2 is 2.10 bits per heavy atom. The van der Waals surface area contributed by atoms with Gasteiger partial charge in [-0.1, -0.05) is 0 Å². The predicted molar refractivity (Wildman–Crippen MR) is 114 cm³/mol. The minimum absolute atomic E-state index is 0.0568. The third kappa shape index (κ3) is 3.36. The van der Waals surface area contributed by atoms with Gasteiger partial charge in [-0.05, 0) is 73.8 Å². The molecule has 2 fully saturated rings. The Morgan fingerprint density at radius 1 is 1.29 bits per heavy atom. The molecular weight excluding hydrogens is 401 g/mol. The molecule has 1 aliphatic carbocycles. The molecule has 0 aromatic carbocycles. The van der Waals surface area contributed by atoms with Crippen LogP contribution in [0.2, 0.25) is 0 Å². The van der Waals surface area contributed by atoms with Gasteiger partial charge in [-0.3, -0.25) is 9.20 Å². The Hall–Kier alpha value is -3.29. The molecule has 1 aliphatic heterocycles. The summed E-state index contributed by atoms with van der Waals surface area (Å²) in [6, 6.07) is 3.60. The molecule has 1 saturated heterocycles. The molecule has 4 heterocycles. The van der Waals surface area contributed by atoms with Crippen LogP contribution in [0, 0.1) is 12.7 Å². The molecule has 8 heteroatoms. The molecule has 7 nitrogen and oxygen atoms in total. The molecule has 0 amide bonds. The Bertz CT molecular complexity index is 1210. The fourth-order valence-electron chi connectivity index (χ4n) is 4.93. The molecular formula is C23H24FN3O4. The molecule has 0 bridgehead atoms. The first-order valence-corrected chi connectivity index (χ1v) is 10.6. The number of H-pyrrole nitrogens is 1. The van der Waals surface area contributed by atoms with Crippen molar-refractivity contribution in [3.05, 3.63) is 63.6 Å². The van der Waals surface area contributed by atoms with Gasteiger partial charge in [-0.2, -0.15) is 0 Å². The van der Waals surface area contributed by atoms with Crippen molar-refractivity contribution < 1.29 is 19.0 Å². The van der Waals surface area contributed by atoms with Crippen LogP contribution in [0.4, 0.5) is 14.9 Å². The summed E-state index contributed by atoms with van der Waals surface area (Å²) >= 11 is 0. The summed E-state index contributed by atoms with van der Waals surface area (Å²) < 4.78 is 21.5. The fraction of sp³-hybridized carbons (Fsp3) is 0.391. The number of aromatic nitrogens is 2. The monoisotopic (exact) mass is 425 g/mol. The van der Waals surface area contributed by atoms with Crippen molar-refractivity contribution >= 4 is 17.4 Å². The second-order valence-corrected chi connectivity index (χ2v) is 8.43. The number of fused-ring (bicyclic) bond motifs is 1. The standard InChI is InChI=1S/C23H24FN3O4/c1-13-20-16(14-5-6-14)10-19(31-23(29)30)22(28)27(20)12-17(24)21(13)26-9-3-2-4-18(26)15-7-8-25-11-15/h7-8,10-12,14,18,25H,2-6,9H2,1H3,(H,29,30). The first-order chi connectivity index (χ1) is 15.0. The molecule has 1 unspecified atom stereocenters. The lowest BCUT2D eigenvalue weighted by molar-refractivity contribution is 0.143. The maximum absolute atomic E-state index is 15.5. The van der Waals surface area contributed by atoms with E-state index in [-0.39, 0.29) is 17.7 Å². The maximum Gasteiger partial charge on any atom is 0.511 e. The normalized spacial score (nSPS) is 19.0. The van der Waals surface area contributed by atoms with E-state index in [1.807, 2.05) is 25.4 Å². The van der Waals surface area contributed by atoms with E-state index in [1.54, 1.807) is 0 Å². The highest BCUT2D eigenvalue weighted by molar-refractivity contribution is 5.74. The van der Waals surface area contributed by atoms with Crippen LogP contribution in [-0.2, 0) is 0 Å². The number of carbonyl (C=O) groups is 1. The van der Waals surface area contributed by atoms with E-state index in [0.29, 0.717) is 16.8 Å². The van der Waals surface area contributed by atoms with Crippen LogP contribution in [-0.4, -0.2) is 27.2 Å². The van der Waals surface area contributed by atoms with Crippen LogP contribution in [0.1, 0.15) is 60.8 Å². The zero-order valence-electron chi connectivity index (χ0n) is 17.2. The third-order valence-corrected chi connectivity index (χ3v) is 6.42. The van der Waals surface area contributed by atoms with Crippen molar-refractivity contribution in [1.29, 1.82) is 0 Å². The molecule has 162 valence electrons. The highest BCUT2D eigenvalue weighted by Crippen LogP contribution is 2.45. The summed E-state index contributed by atoms with van der Waals surface area (Å²) in [4.78, 5) is 29.1. The number of ether oxygens (including phenoxy) is 1. The second-order valence-electron chi connectivity index (χ2n) is 8.43. The van der Waals surface area contributed by atoms with Gasteiger partial charge in [-0.15, -0.1) is 0 Å². The zero-order valence-corrected chi connectivity index (χ0v) is 17.2. The SMILES string of the molecule is Cc1c(N2CCCCC2c2cc[nH]c2)c(F)cn2c(=O)c(OC(=O)O)cc(C3CC3)c12. The number of hydrogen-bond donors (Lipinski definition) is 2. The number of piperidine rings is 1. The molecule has 3 aromatic rings. The summed E-state index contributed by atoms with van der Waals surface area (Å²) in [6.45, 7) is 2.58. The number of halogens is 1. The molecule has 31 heavy (non-hydrogen) atoms. The van der Waals surface area contributed by atoms with Crippen LogP contribution in [0.15, 0.2) is 35.5 Å². The number of nitrogens with zero attached hydrogens (tertiary/aromatic N) is 2. The fourth-order valence-corrected chi connectivity index (χ4v) is 4.93. The zero-order chi connectivity index (χ0) is 21.7. The highest BCUT2D eigenvalue weighted by atomic mass is 19.1. The summed E-state index contributed by atoms with van der Waals surface area (Å²) in [5.74, 6) is -0.573. The number of carboxylic acid groups (broad SMARTS) is 1. The quantitative estimate of drug-likeness (QED) is 0.590. The van der Waals surface area contributed by atoms with Crippen molar-refractivity contribution in [1.82, 2.24) is 9.38 Å². The minimum atomic E-state index is -1.56. The van der Waals surface area contributed by atoms with Crippen LogP contribution in [0.5, 0.6) is 5.75 Å². The number of anilines is 1.